The van der Waals surface area contributed by atoms with Crippen LogP contribution >= 0.6 is 21.6 Å². The molecule has 0 aromatic rings. The van der Waals surface area contributed by atoms with Gasteiger partial charge in [-0.25, -0.2) is 0 Å². The van der Waals surface area contributed by atoms with E-state index in [0.29, 0.717) is 5.75 Å². The summed E-state index contributed by atoms with van der Waals surface area (Å²) in [6.45, 7) is 9.46. The average Bonchev–Trinajstić information content (AvgIpc) is 2.35. The maximum absolute atomic E-state index is 11.8. The Balaban J connectivity index is 3.51. The van der Waals surface area contributed by atoms with Gasteiger partial charge in [0.1, 0.15) is 0 Å². The Morgan fingerprint density at radius 1 is 1.15 bits per heavy atom. The van der Waals surface area contributed by atoms with E-state index < -0.39 is 6.04 Å². The minimum Gasteiger partial charge on any atom is -0.355 e. The van der Waals surface area contributed by atoms with Crippen LogP contribution in [-0.4, -0.2) is 29.0 Å². The standard InChI is InChI=1S/C15H32N2OS2/c1-5-6-7-8-9-10-11-17-14(18)13(16)12-19-20-15(2,3)4/h13H,5-12,16H2,1-4H3,(H,17,18). The van der Waals surface area contributed by atoms with Crippen LogP contribution in [0.4, 0.5) is 0 Å². The Morgan fingerprint density at radius 3 is 2.35 bits per heavy atom. The van der Waals surface area contributed by atoms with Crippen molar-refractivity contribution in [2.45, 2.75) is 77.0 Å². The molecule has 0 rings (SSSR count). The van der Waals surface area contributed by atoms with Gasteiger partial charge < -0.3 is 11.1 Å². The van der Waals surface area contributed by atoms with E-state index in [2.05, 4.69) is 33.0 Å². The lowest BCUT2D eigenvalue weighted by atomic mass is 10.1. The van der Waals surface area contributed by atoms with E-state index in [0.717, 1.165) is 13.0 Å². The number of nitrogens with two attached hydrogens (primary N) is 1. The van der Waals surface area contributed by atoms with Gasteiger partial charge in [-0.3, -0.25) is 4.79 Å². The van der Waals surface area contributed by atoms with Crippen molar-refractivity contribution in [2.24, 2.45) is 5.73 Å². The summed E-state index contributed by atoms with van der Waals surface area (Å²) in [5.74, 6) is 0.658. The van der Waals surface area contributed by atoms with Crippen LogP contribution in [-0.2, 0) is 4.79 Å². The molecule has 120 valence electrons. The molecule has 1 unspecified atom stereocenters. The zero-order valence-corrected chi connectivity index (χ0v) is 15.2. The van der Waals surface area contributed by atoms with Crippen molar-refractivity contribution in [2.75, 3.05) is 12.3 Å². The summed E-state index contributed by atoms with van der Waals surface area (Å²) in [5.41, 5.74) is 5.88. The van der Waals surface area contributed by atoms with Crippen molar-refractivity contribution in [3.05, 3.63) is 0 Å². The fourth-order valence-corrected chi connectivity index (χ4v) is 4.03. The third kappa shape index (κ3) is 13.1. The van der Waals surface area contributed by atoms with Crippen molar-refractivity contribution in [3.63, 3.8) is 0 Å². The molecule has 0 aliphatic heterocycles. The highest BCUT2D eigenvalue weighted by Gasteiger charge is 2.16. The van der Waals surface area contributed by atoms with E-state index in [1.165, 1.54) is 32.1 Å². The van der Waals surface area contributed by atoms with Crippen LogP contribution < -0.4 is 11.1 Å². The molecule has 0 saturated heterocycles. The number of nitrogens with one attached hydrogen (secondary N) is 1. The van der Waals surface area contributed by atoms with Crippen LogP contribution in [0.3, 0.4) is 0 Å². The van der Waals surface area contributed by atoms with Crippen LogP contribution in [0.15, 0.2) is 0 Å². The summed E-state index contributed by atoms with van der Waals surface area (Å²) in [5, 5.41) is 2.93. The molecule has 0 aliphatic rings. The molecule has 3 nitrogen and oxygen atoms in total. The van der Waals surface area contributed by atoms with Gasteiger partial charge in [-0.15, -0.1) is 0 Å². The normalized spacial score (nSPS) is 13.2. The van der Waals surface area contributed by atoms with E-state index in [4.69, 9.17) is 5.73 Å². The molecule has 1 atom stereocenters. The van der Waals surface area contributed by atoms with Crippen molar-refractivity contribution >= 4 is 27.5 Å². The molecule has 0 aliphatic carbocycles. The molecule has 0 spiro atoms. The minimum absolute atomic E-state index is 0.0134. The number of rotatable bonds is 11. The number of carbonyl (C=O) groups is 1. The zero-order chi connectivity index (χ0) is 15.4. The molecule has 20 heavy (non-hydrogen) atoms. The van der Waals surface area contributed by atoms with Gasteiger partial charge in [0.2, 0.25) is 5.91 Å². The zero-order valence-electron chi connectivity index (χ0n) is 13.5. The third-order valence-electron chi connectivity index (χ3n) is 2.72. The lowest BCUT2D eigenvalue weighted by molar-refractivity contribution is -0.121. The van der Waals surface area contributed by atoms with Gasteiger partial charge in [0.05, 0.1) is 6.04 Å². The van der Waals surface area contributed by atoms with Gasteiger partial charge in [-0.05, 0) is 6.42 Å². The summed E-state index contributed by atoms with van der Waals surface area (Å²) in [6.07, 6.45) is 7.43. The smallest absolute Gasteiger partial charge is 0.237 e. The van der Waals surface area contributed by atoms with E-state index in [1.54, 1.807) is 21.6 Å². The van der Waals surface area contributed by atoms with Crippen molar-refractivity contribution < 1.29 is 4.79 Å². The van der Waals surface area contributed by atoms with Gasteiger partial charge in [0, 0.05) is 17.0 Å². The third-order valence-corrected chi connectivity index (χ3v) is 6.10. The Kier molecular flexibility index (Phi) is 11.8. The first-order valence-corrected chi connectivity index (χ1v) is 10.0. The van der Waals surface area contributed by atoms with Crippen LogP contribution in [0.5, 0.6) is 0 Å². The van der Waals surface area contributed by atoms with Crippen LogP contribution in [0.25, 0.3) is 0 Å². The summed E-state index contributed by atoms with van der Waals surface area (Å²) in [7, 11) is 3.46. The second kappa shape index (κ2) is 11.8. The first-order valence-electron chi connectivity index (χ1n) is 7.70. The van der Waals surface area contributed by atoms with Crippen molar-refractivity contribution in [3.8, 4) is 0 Å². The van der Waals surface area contributed by atoms with Crippen molar-refractivity contribution in [1.29, 1.82) is 0 Å². The van der Waals surface area contributed by atoms with E-state index in [1.807, 2.05) is 0 Å². The molecule has 0 bridgehead atoms. The van der Waals surface area contributed by atoms with Gasteiger partial charge in [-0.2, -0.15) is 0 Å². The first-order chi connectivity index (χ1) is 9.37. The van der Waals surface area contributed by atoms with E-state index >= 15 is 0 Å². The Hall–Kier alpha value is 0.130. The molecular weight excluding hydrogens is 288 g/mol. The molecular formula is C15H32N2OS2. The number of unbranched alkanes of at least 4 members (excludes halogenated alkanes) is 5. The predicted molar refractivity (Wildman–Crippen MR) is 94.2 cm³/mol. The molecule has 0 aromatic heterocycles. The van der Waals surface area contributed by atoms with Crippen molar-refractivity contribution in [1.82, 2.24) is 5.32 Å². The second-order valence-electron chi connectivity index (χ2n) is 6.15. The Morgan fingerprint density at radius 2 is 1.75 bits per heavy atom. The largest absolute Gasteiger partial charge is 0.355 e. The molecule has 0 fully saturated rings. The van der Waals surface area contributed by atoms with Crippen LogP contribution in [0.1, 0.15) is 66.2 Å². The van der Waals surface area contributed by atoms with Gasteiger partial charge in [0.25, 0.3) is 0 Å². The SMILES string of the molecule is CCCCCCCCNC(=O)C(N)CSSC(C)(C)C. The van der Waals surface area contributed by atoms with Gasteiger partial charge in [-0.1, -0.05) is 81.4 Å². The number of carbonyl (C=O) groups excluding carboxylic acids is 1. The second-order valence-corrected chi connectivity index (χ2v) is 9.31. The Labute approximate surface area is 133 Å². The summed E-state index contributed by atoms with van der Waals surface area (Å²) in [6, 6.07) is -0.394. The quantitative estimate of drug-likeness (QED) is 0.447. The lowest BCUT2D eigenvalue weighted by Gasteiger charge is -2.18. The number of amides is 1. The highest BCUT2D eigenvalue weighted by Crippen LogP contribution is 2.34. The van der Waals surface area contributed by atoms with Gasteiger partial charge >= 0.3 is 0 Å². The highest BCUT2D eigenvalue weighted by atomic mass is 33.1. The van der Waals surface area contributed by atoms with Crippen LogP contribution in [0.2, 0.25) is 0 Å². The molecule has 3 N–H and O–H groups in total. The van der Waals surface area contributed by atoms with E-state index in [-0.39, 0.29) is 10.7 Å². The number of hydrogen-bond donors (Lipinski definition) is 2. The molecule has 1 amide bonds. The fraction of sp³-hybridized carbons (Fsp3) is 0.933. The maximum atomic E-state index is 11.8. The molecule has 0 aromatic carbocycles. The average molecular weight is 321 g/mol. The minimum atomic E-state index is -0.394. The summed E-state index contributed by atoms with van der Waals surface area (Å²) in [4.78, 5) is 11.8. The predicted octanol–water partition coefficient (Wildman–Crippen LogP) is 3.97. The molecule has 0 heterocycles. The topological polar surface area (TPSA) is 55.1 Å². The molecule has 0 radical (unpaired) electrons. The maximum Gasteiger partial charge on any atom is 0.237 e. The lowest BCUT2D eigenvalue weighted by Crippen LogP contribution is -2.42. The molecule has 5 heteroatoms. The monoisotopic (exact) mass is 320 g/mol. The Bertz CT molecular complexity index is 255. The van der Waals surface area contributed by atoms with Gasteiger partial charge in [0.15, 0.2) is 0 Å². The first kappa shape index (κ1) is 20.1. The fourth-order valence-electron chi connectivity index (χ4n) is 1.61. The van der Waals surface area contributed by atoms with E-state index in [9.17, 15) is 4.79 Å². The van der Waals surface area contributed by atoms with Crippen LogP contribution in [0, 0.1) is 0 Å². The summed E-state index contributed by atoms with van der Waals surface area (Å²) >= 11 is 0. The molecule has 0 saturated carbocycles. The highest BCUT2D eigenvalue weighted by molar-refractivity contribution is 8.77. The summed E-state index contributed by atoms with van der Waals surface area (Å²) < 4.78 is 0.208. The number of hydrogen-bond acceptors (Lipinski definition) is 4.